The number of nitrogens with one attached hydrogen (secondary N) is 1. The lowest BCUT2D eigenvalue weighted by Crippen LogP contribution is -2.42. The van der Waals surface area contributed by atoms with Crippen molar-refractivity contribution in [2.45, 2.75) is 81.8 Å². The van der Waals surface area contributed by atoms with Crippen LogP contribution in [0.3, 0.4) is 0 Å². The fraction of sp³-hybridized carbons (Fsp3) is 0.571. The highest BCUT2D eigenvalue weighted by Crippen LogP contribution is 2.35. The minimum absolute atomic E-state index is 0.0969. The minimum Gasteiger partial charge on any atom is -0.393 e. The van der Waals surface area contributed by atoms with E-state index in [4.69, 9.17) is 4.98 Å². The number of nitrogens with zero attached hydrogens (tertiary/aromatic N) is 4. The molecule has 2 fully saturated rings. The number of aliphatic hydroxyl groups is 1. The Morgan fingerprint density at radius 1 is 1.10 bits per heavy atom. The third-order valence-corrected chi connectivity index (χ3v) is 9.87. The summed E-state index contributed by atoms with van der Waals surface area (Å²) < 4.78 is 56.6. The zero-order valence-electron chi connectivity index (χ0n) is 22.3. The predicted molar refractivity (Wildman–Crippen MR) is 147 cm³/mol. The molecule has 0 spiro atoms. The number of aromatic nitrogens is 3. The molecule has 1 saturated carbocycles. The van der Waals surface area contributed by atoms with Crippen LogP contribution in [0, 0.1) is 5.92 Å². The lowest BCUT2D eigenvalue weighted by molar-refractivity contribution is -0.0412. The van der Waals surface area contributed by atoms with Crippen LogP contribution in [0.1, 0.15) is 58.3 Å². The molecule has 1 aromatic carbocycles. The number of piperidine rings is 1. The number of hydrogen-bond donors (Lipinski definition) is 2. The minimum atomic E-state index is -3.85. The number of alkyl halides is 2. The Morgan fingerprint density at radius 2 is 1.79 bits per heavy atom. The second-order valence-corrected chi connectivity index (χ2v) is 12.8. The molecule has 8 nitrogen and oxygen atoms in total. The Hall–Kier alpha value is -2.63. The van der Waals surface area contributed by atoms with E-state index in [0.29, 0.717) is 11.9 Å². The molecule has 39 heavy (non-hydrogen) atoms. The van der Waals surface area contributed by atoms with Gasteiger partial charge in [0, 0.05) is 62.4 Å². The molecule has 0 atom stereocenters. The van der Waals surface area contributed by atoms with Gasteiger partial charge in [0.2, 0.25) is 16.0 Å². The summed E-state index contributed by atoms with van der Waals surface area (Å²) in [4.78, 5) is 9.46. The van der Waals surface area contributed by atoms with Crippen molar-refractivity contribution >= 4 is 27.0 Å². The Morgan fingerprint density at radius 3 is 2.46 bits per heavy atom. The lowest BCUT2D eigenvalue weighted by Gasteiger charge is -2.30. The maximum absolute atomic E-state index is 13.6. The van der Waals surface area contributed by atoms with Crippen molar-refractivity contribution in [1.82, 2.24) is 18.8 Å². The maximum Gasteiger partial charge on any atom is 0.250 e. The number of unbranched alkanes of at least 4 members (excludes halogenated alkanes) is 1. The molecule has 3 heterocycles. The second-order valence-electron chi connectivity index (χ2n) is 10.9. The smallest absolute Gasteiger partial charge is 0.250 e. The Labute approximate surface area is 228 Å². The summed E-state index contributed by atoms with van der Waals surface area (Å²) in [5.41, 5.74) is 2.55. The van der Waals surface area contributed by atoms with Gasteiger partial charge in [0.1, 0.15) is 5.65 Å². The van der Waals surface area contributed by atoms with Crippen LogP contribution in [-0.2, 0) is 16.6 Å². The Bertz CT molecular complexity index is 1380. The molecular formula is C28H37F2N5O3S. The van der Waals surface area contributed by atoms with Gasteiger partial charge in [0.05, 0.1) is 11.0 Å². The van der Waals surface area contributed by atoms with Crippen molar-refractivity contribution < 1.29 is 22.3 Å². The number of halogens is 2. The number of fused-ring (bicyclic) bond motifs is 1. The lowest BCUT2D eigenvalue weighted by atomic mass is 9.87. The van der Waals surface area contributed by atoms with Crippen LogP contribution < -0.4 is 5.32 Å². The average Bonchev–Trinajstić information content (AvgIpc) is 3.27. The third-order valence-electron chi connectivity index (χ3n) is 7.96. The molecule has 1 aliphatic heterocycles. The topological polar surface area (TPSA) is 100 Å². The van der Waals surface area contributed by atoms with E-state index >= 15 is 0 Å². The summed E-state index contributed by atoms with van der Waals surface area (Å²) in [5.74, 6) is -1.79. The molecule has 2 N–H and O–H groups in total. The number of anilines is 1. The van der Waals surface area contributed by atoms with Gasteiger partial charge < -0.3 is 15.0 Å². The normalized spacial score (nSPS) is 22.3. The molecular weight excluding hydrogens is 524 g/mol. The van der Waals surface area contributed by atoms with Crippen molar-refractivity contribution in [3.8, 4) is 11.1 Å². The van der Waals surface area contributed by atoms with Crippen molar-refractivity contribution in [2.75, 3.05) is 25.0 Å². The fourth-order valence-corrected chi connectivity index (χ4v) is 6.96. The van der Waals surface area contributed by atoms with Gasteiger partial charge in [0.15, 0.2) is 0 Å². The Balaban J connectivity index is 1.43. The van der Waals surface area contributed by atoms with Gasteiger partial charge in [-0.15, -0.1) is 0 Å². The highest BCUT2D eigenvalue weighted by molar-refractivity contribution is 7.89. The summed E-state index contributed by atoms with van der Waals surface area (Å²) in [7, 11) is -3.85. The SMILES string of the molecule is CCCCNc1ncc2c(-c3ccc(S(=O)(=O)N4CCC(F)(F)CC4)cc3)cn(CC3CCC(O)CC3)c2n1. The first-order valence-corrected chi connectivity index (χ1v) is 15.4. The highest BCUT2D eigenvalue weighted by Gasteiger charge is 2.38. The van der Waals surface area contributed by atoms with E-state index in [9.17, 15) is 22.3 Å². The third kappa shape index (κ3) is 6.25. The monoisotopic (exact) mass is 561 g/mol. The van der Waals surface area contributed by atoms with E-state index < -0.39 is 28.8 Å². The first-order chi connectivity index (χ1) is 18.7. The first kappa shape index (κ1) is 27.9. The van der Waals surface area contributed by atoms with Gasteiger partial charge in [-0.25, -0.2) is 22.2 Å². The summed E-state index contributed by atoms with van der Waals surface area (Å²) in [6.45, 7) is 3.33. The molecule has 0 bridgehead atoms. The van der Waals surface area contributed by atoms with E-state index in [-0.39, 0.29) is 24.1 Å². The summed E-state index contributed by atoms with van der Waals surface area (Å²) in [6.07, 6.45) is 8.34. The number of rotatable bonds is 9. The Kier molecular flexibility index (Phi) is 8.21. The summed E-state index contributed by atoms with van der Waals surface area (Å²) in [6, 6.07) is 6.61. The fourth-order valence-electron chi connectivity index (χ4n) is 5.51. The molecule has 0 amide bonds. The van der Waals surface area contributed by atoms with Crippen LogP contribution >= 0.6 is 0 Å². The average molecular weight is 562 g/mol. The molecule has 2 aliphatic rings. The summed E-state index contributed by atoms with van der Waals surface area (Å²) in [5, 5.41) is 14.1. The zero-order chi connectivity index (χ0) is 27.6. The molecule has 0 unspecified atom stereocenters. The van der Waals surface area contributed by atoms with Gasteiger partial charge >= 0.3 is 0 Å². The van der Waals surface area contributed by atoms with Gasteiger partial charge in [-0.3, -0.25) is 0 Å². The maximum atomic E-state index is 13.6. The molecule has 212 valence electrons. The van der Waals surface area contributed by atoms with Crippen molar-refractivity contribution in [2.24, 2.45) is 5.92 Å². The van der Waals surface area contributed by atoms with E-state index in [2.05, 4.69) is 28.0 Å². The van der Waals surface area contributed by atoms with Crippen LogP contribution in [0.15, 0.2) is 41.6 Å². The molecule has 1 aliphatic carbocycles. The quantitative estimate of drug-likeness (QED) is 0.345. The molecule has 3 aromatic rings. The van der Waals surface area contributed by atoms with E-state index in [0.717, 1.165) is 78.1 Å². The molecule has 5 rings (SSSR count). The van der Waals surface area contributed by atoms with E-state index in [1.54, 1.807) is 24.3 Å². The highest BCUT2D eigenvalue weighted by atomic mass is 32.2. The van der Waals surface area contributed by atoms with Crippen molar-refractivity contribution in [1.29, 1.82) is 0 Å². The molecule has 1 saturated heterocycles. The van der Waals surface area contributed by atoms with Crippen LogP contribution in [0.5, 0.6) is 0 Å². The standard InChI is InChI=1S/C28H37F2N5O3S/c1-2-3-14-31-27-32-17-24-25(19-34(26(24)33-27)18-20-4-8-22(36)9-5-20)21-6-10-23(11-7-21)39(37,38)35-15-12-28(29,30)13-16-35/h6-7,10-11,17,19-20,22,36H,2-5,8-9,12-16,18H2,1H3,(H,31,32,33). The van der Waals surface area contributed by atoms with Crippen molar-refractivity contribution in [3.63, 3.8) is 0 Å². The van der Waals surface area contributed by atoms with Crippen LogP contribution in [-0.4, -0.2) is 64.0 Å². The predicted octanol–water partition coefficient (Wildman–Crippen LogP) is 5.28. The number of benzene rings is 1. The van der Waals surface area contributed by atoms with Crippen LogP contribution in [0.4, 0.5) is 14.7 Å². The largest absolute Gasteiger partial charge is 0.393 e. The molecule has 2 aromatic heterocycles. The van der Waals surface area contributed by atoms with Crippen LogP contribution in [0.2, 0.25) is 0 Å². The van der Waals surface area contributed by atoms with Gasteiger partial charge in [-0.2, -0.15) is 9.29 Å². The van der Waals surface area contributed by atoms with Gasteiger partial charge in [-0.05, 0) is 55.7 Å². The zero-order valence-corrected chi connectivity index (χ0v) is 23.1. The second kappa shape index (κ2) is 11.5. The van der Waals surface area contributed by atoms with Gasteiger partial charge in [0.25, 0.3) is 5.92 Å². The number of aliphatic hydroxyl groups excluding tert-OH is 1. The van der Waals surface area contributed by atoms with Crippen molar-refractivity contribution in [3.05, 3.63) is 36.7 Å². The summed E-state index contributed by atoms with van der Waals surface area (Å²) >= 11 is 0. The number of hydrogen-bond acceptors (Lipinski definition) is 6. The molecule has 11 heteroatoms. The van der Waals surface area contributed by atoms with Crippen LogP contribution in [0.25, 0.3) is 22.2 Å². The first-order valence-electron chi connectivity index (χ1n) is 13.9. The van der Waals surface area contributed by atoms with Gasteiger partial charge in [-0.1, -0.05) is 25.5 Å². The molecule has 0 radical (unpaired) electrons. The van der Waals surface area contributed by atoms with E-state index in [1.807, 2.05) is 6.20 Å². The van der Waals surface area contributed by atoms with E-state index in [1.165, 1.54) is 0 Å². The number of sulfonamides is 1.